The second-order valence-corrected chi connectivity index (χ2v) is 4.53. The second kappa shape index (κ2) is 7.20. The molecule has 90 valence electrons. The largest absolute Gasteiger partial charge is 0.379 e. The minimum Gasteiger partial charge on any atom is -0.379 e. The molecule has 1 aliphatic rings. The summed E-state index contributed by atoms with van der Waals surface area (Å²) in [5.74, 6) is 0. The van der Waals surface area contributed by atoms with Crippen LogP contribution in [0.25, 0.3) is 0 Å². The van der Waals surface area contributed by atoms with Gasteiger partial charge in [-0.15, -0.1) is 0 Å². The predicted octanol–water partition coefficient (Wildman–Crippen LogP) is 1.96. The minimum atomic E-state index is 0.288. The minimum absolute atomic E-state index is 0.288. The molecule has 3 nitrogen and oxygen atoms in total. The SMILES string of the molecule is CCCC(C)NCC(C)OC1CCOC1. The van der Waals surface area contributed by atoms with Crippen LogP contribution in [0.5, 0.6) is 0 Å². The van der Waals surface area contributed by atoms with E-state index in [2.05, 4.69) is 26.1 Å². The Morgan fingerprint density at radius 2 is 2.27 bits per heavy atom. The molecule has 0 bridgehead atoms. The summed E-state index contributed by atoms with van der Waals surface area (Å²) in [6, 6.07) is 0.598. The first-order valence-corrected chi connectivity index (χ1v) is 6.19. The maximum Gasteiger partial charge on any atom is 0.0834 e. The van der Waals surface area contributed by atoms with Crippen molar-refractivity contribution in [2.75, 3.05) is 19.8 Å². The van der Waals surface area contributed by atoms with Crippen molar-refractivity contribution in [3.63, 3.8) is 0 Å². The van der Waals surface area contributed by atoms with Crippen LogP contribution in [-0.4, -0.2) is 38.0 Å². The zero-order valence-corrected chi connectivity index (χ0v) is 10.3. The number of hydrogen-bond donors (Lipinski definition) is 1. The lowest BCUT2D eigenvalue weighted by Gasteiger charge is -2.20. The van der Waals surface area contributed by atoms with Gasteiger partial charge in [0.1, 0.15) is 0 Å². The van der Waals surface area contributed by atoms with Crippen LogP contribution in [0.1, 0.15) is 40.0 Å². The normalized spacial score (nSPS) is 25.4. The molecule has 0 spiro atoms. The van der Waals surface area contributed by atoms with Crippen molar-refractivity contribution in [3.8, 4) is 0 Å². The lowest BCUT2D eigenvalue weighted by atomic mass is 10.2. The van der Waals surface area contributed by atoms with E-state index in [9.17, 15) is 0 Å². The standard InChI is InChI=1S/C12H25NO2/c1-4-5-10(2)13-8-11(3)15-12-6-7-14-9-12/h10-13H,4-9H2,1-3H3. The van der Waals surface area contributed by atoms with Crippen LogP contribution < -0.4 is 5.32 Å². The van der Waals surface area contributed by atoms with Crippen LogP contribution in [0.3, 0.4) is 0 Å². The Labute approximate surface area is 93.5 Å². The van der Waals surface area contributed by atoms with Crippen LogP contribution in [0.4, 0.5) is 0 Å². The van der Waals surface area contributed by atoms with Gasteiger partial charge in [0.2, 0.25) is 0 Å². The molecule has 0 aromatic rings. The van der Waals surface area contributed by atoms with Gasteiger partial charge < -0.3 is 14.8 Å². The van der Waals surface area contributed by atoms with Gasteiger partial charge in [0.15, 0.2) is 0 Å². The third-order valence-corrected chi connectivity index (χ3v) is 2.79. The molecule has 0 saturated carbocycles. The summed E-state index contributed by atoms with van der Waals surface area (Å²) in [6.07, 6.45) is 4.13. The first-order chi connectivity index (χ1) is 7.22. The number of hydrogen-bond acceptors (Lipinski definition) is 3. The molecule has 0 amide bonds. The summed E-state index contributed by atoms with van der Waals surface area (Å²) in [5, 5.41) is 3.49. The highest BCUT2D eigenvalue weighted by Gasteiger charge is 2.18. The van der Waals surface area contributed by atoms with Gasteiger partial charge in [-0.2, -0.15) is 0 Å². The average molecular weight is 215 g/mol. The van der Waals surface area contributed by atoms with Gasteiger partial charge in [0, 0.05) is 19.2 Å². The zero-order chi connectivity index (χ0) is 11.1. The number of nitrogens with one attached hydrogen (secondary N) is 1. The van der Waals surface area contributed by atoms with Gasteiger partial charge in [-0.25, -0.2) is 0 Å². The average Bonchev–Trinajstić information content (AvgIpc) is 2.68. The van der Waals surface area contributed by atoms with Crippen LogP contribution >= 0.6 is 0 Å². The van der Waals surface area contributed by atoms with E-state index in [0.29, 0.717) is 12.1 Å². The molecule has 0 radical (unpaired) electrons. The molecule has 0 aliphatic carbocycles. The van der Waals surface area contributed by atoms with Crippen molar-refractivity contribution in [2.24, 2.45) is 0 Å². The molecule has 1 heterocycles. The molecular weight excluding hydrogens is 190 g/mol. The zero-order valence-electron chi connectivity index (χ0n) is 10.3. The van der Waals surface area contributed by atoms with E-state index in [1.807, 2.05) is 0 Å². The van der Waals surface area contributed by atoms with E-state index in [1.165, 1.54) is 12.8 Å². The molecule has 3 heteroatoms. The Kier molecular flexibility index (Phi) is 6.22. The highest BCUT2D eigenvalue weighted by Crippen LogP contribution is 2.10. The van der Waals surface area contributed by atoms with Crippen molar-refractivity contribution in [1.29, 1.82) is 0 Å². The maximum atomic E-state index is 5.85. The van der Waals surface area contributed by atoms with Gasteiger partial charge in [0.05, 0.1) is 18.8 Å². The fourth-order valence-electron chi connectivity index (χ4n) is 1.90. The van der Waals surface area contributed by atoms with Gasteiger partial charge in [-0.05, 0) is 26.7 Å². The summed E-state index contributed by atoms with van der Waals surface area (Å²) in [7, 11) is 0. The highest BCUT2D eigenvalue weighted by atomic mass is 16.5. The topological polar surface area (TPSA) is 30.5 Å². The van der Waals surface area contributed by atoms with Crippen molar-refractivity contribution in [3.05, 3.63) is 0 Å². The Hall–Kier alpha value is -0.120. The maximum absolute atomic E-state index is 5.85. The van der Waals surface area contributed by atoms with E-state index in [-0.39, 0.29) is 6.10 Å². The van der Waals surface area contributed by atoms with Gasteiger partial charge in [-0.3, -0.25) is 0 Å². The molecular formula is C12H25NO2. The monoisotopic (exact) mass is 215 g/mol. The molecule has 0 aromatic carbocycles. The van der Waals surface area contributed by atoms with Crippen molar-refractivity contribution in [1.82, 2.24) is 5.32 Å². The summed E-state index contributed by atoms with van der Waals surface area (Å²) in [5.41, 5.74) is 0. The smallest absolute Gasteiger partial charge is 0.0834 e. The first-order valence-electron chi connectivity index (χ1n) is 6.19. The highest BCUT2D eigenvalue weighted by molar-refractivity contribution is 4.68. The lowest BCUT2D eigenvalue weighted by Crippen LogP contribution is -2.35. The molecule has 1 aliphatic heterocycles. The Morgan fingerprint density at radius 3 is 2.87 bits per heavy atom. The van der Waals surface area contributed by atoms with Gasteiger partial charge in [-0.1, -0.05) is 13.3 Å². The first kappa shape index (κ1) is 12.9. The summed E-state index contributed by atoms with van der Waals surface area (Å²) in [4.78, 5) is 0. The summed E-state index contributed by atoms with van der Waals surface area (Å²) >= 11 is 0. The van der Waals surface area contributed by atoms with Crippen LogP contribution in [0, 0.1) is 0 Å². The predicted molar refractivity (Wildman–Crippen MR) is 62.1 cm³/mol. The van der Waals surface area contributed by atoms with E-state index in [0.717, 1.165) is 26.2 Å². The van der Waals surface area contributed by atoms with Gasteiger partial charge in [0.25, 0.3) is 0 Å². The lowest BCUT2D eigenvalue weighted by molar-refractivity contribution is -0.00652. The van der Waals surface area contributed by atoms with E-state index in [1.54, 1.807) is 0 Å². The molecule has 1 fully saturated rings. The van der Waals surface area contributed by atoms with Crippen molar-refractivity contribution in [2.45, 2.75) is 58.3 Å². The quantitative estimate of drug-likeness (QED) is 0.704. The molecule has 15 heavy (non-hydrogen) atoms. The fraction of sp³-hybridized carbons (Fsp3) is 1.00. The Balaban J connectivity index is 2.04. The molecule has 1 saturated heterocycles. The van der Waals surface area contributed by atoms with Crippen LogP contribution in [0.2, 0.25) is 0 Å². The number of rotatable bonds is 7. The molecule has 1 rings (SSSR count). The van der Waals surface area contributed by atoms with E-state index in [4.69, 9.17) is 9.47 Å². The molecule has 3 unspecified atom stereocenters. The molecule has 3 atom stereocenters. The third-order valence-electron chi connectivity index (χ3n) is 2.79. The van der Waals surface area contributed by atoms with E-state index < -0.39 is 0 Å². The second-order valence-electron chi connectivity index (χ2n) is 4.53. The van der Waals surface area contributed by atoms with Crippen molar-refractivity contribution >= 4 is 0 Å². The molecule has 1 N–H and O–H groups in total. The Morgan fingerprint density at radius 1 is 1.47 bits per heavy atom. The van der Waals surface area contributed by atoms with E-state index >= 15 is 0 Å². The van der Waals surface area contributed by atoms with Gasteiger partial charge >= 0.3 is 0 Å². The number of ether oxygens (including phenoxy) is 2. The Bertz CT molecular complexity index is 158. The fourth-order valence-corrected chi connectivity index (χ4v) is 1.90. The third kappa shape index (κ3) is 5.50. The summed E-state index contributed by atoms with van der Waals surface area (Å²) in [6.45, 7) is 9.15. The molecule has 0 aromatic heterocycles. The van der Waals surface area contributed by atoms with Crippen LogP contribution in [0.15, 0.2) is 0 Å². The van der Waals surface area contributed by atoms with Crippen LogP contribution in [-0.2, 0) is 9.47 Å². The summed E-state index contributed by atoms with van der Waals surface area (Å²) < 4.78 is 11.1. The van der Waals surface area contributed by atoms with Crippen molar-refractivity contribution < 1.29 is 9.47 Å².